The highest BCUT2D eigenvalue weighted by molar-refractivity contribution is 5.81. The van der Waals surface area contributed by atoms with Gasteiger partial charge in [-0.25, -0.2) is 0 Å². The average molecular weight is 347 g/mol. The molecule has 6 nitrogen and oxygen atoms in total. The molecule has 1 saturated carbocycles. The Hall–Kier alpha value is -2.24. The number of hydrogen-bond donors (Lipinski definition) is 2. The van der Waals surface area contributed by atoms with E-state index in [0.717, 1.165) is 12.1 Å². The van der Waals surface area contributed by atoms with Gasteiger partial charge in [-0.2, -0.15) is 0 Å². The van der Waals surface area contributed by atoms with Gasteiger partial charge in [-0.1, -0.05) is 25.8 Å². The van der Waals surface area contributed by atoms with E-state index in [9.17, 15) is 9.59 Å². The first-order chi connectivity index (χ1) is 12.0. The smallest absolute Gasteiger partial charge is 0.259 e. The molecule has 2 rings (SSSR count). The van der Waals surface area contributed by atoms with Gasteiger partial charge in [-0.15, -0.1) is 0 Å². The first-order valence-electron chi connectivity index (χ1n) is 8.92. The maximum atomic E-state index is 12.2. The molecule has 1 aliphatic rings. The lowest BCUT2D eigenvalue weighted by Crippen LogP contribution is -2.43. The molecule has 25 heavy (non-hydrogen) atoms. The Bertz CT molecular complexity index is 589. The van der Waals surface area contributed by atoms with Gasteiger partial charge in [0.2, 0.25) is 5.91 Å². The molecule has 1 fully saturated rings. The highest BCUT2D eigenvalue weighted by atomic mass is 16.5. The highest BCUT2D eigenvalue weighted by Gasteiger charge is 2.22. The van der Waals surface area contributed by atoms with Crippen molar-refractivity contribution in [3.63, 3.8) is 0 Å². The molecule has 2 atom stereocenters. The molecule has 0 unspecified atom stereocenters. The third-order valence-corrected chi connectivity index (χ3v) is 4.61. The number of amides is 2. The second-order valence-corrected chi connectivity index (χ2v) is 6.89. The SMILES string of the molecule is C[C@H]1CCCC[C@H]1NC(=O)CNc1cccc(OCC(=O)N(C)C)c1. The fourth-order valence-corrected chi connectivity index (χ4v) is 2.94. The summed E-state index contributed by atoms with van der Waals surface area (Å²) in [6.45, 7) is 2.42. The Morgan fingerprint density at radius 1 is 1.24 bits per heavy atom. The Kier molecular flexibility index (Phi) is 7.10. The van der Waals surface area contributed by atoms with Crippen LogP contribution in [0.25, 0.3) is 0 Å². The van der Waals surface area contributed by atoms with E-state index in [0.29, 0.717) is 11.7 Å². The lowest BCUT2D eigenvalue weighted by molar-refractivity contribution is -0.130. The van der Waals surface area contributed by atoms with Gasteiger partial charge in [-0.05, 0) is 30.9 Å². The summed E-state index contributed by atoms with van der Waals surface area (Å²) in [4.78, 5) is 25.2. The number of carbonyl (C=O) groups excluding carboxylic acids is 2. The molecule has 0 bridgehead atoms. The van der Waals surface area contributed by atoms with E-state index >= 15 is 0 Å². The fourth-order valence-electron chi connectivity index (χ4n) is 2.94. The molecule has 1 aromatic carbocycles. The van der Waals surface area contributed by atoms with Crippen LogP contribution in [0.1, 0.15) is 32.6 Å². The summed E-state index contributed by atoms with van der Waals surface area (Å²) in [7, 11) is 3.38. The van der Waals surface area contributed by atoms with Crippen molar-refractivity contribution in [1.29, 1.82) is 0 Å². The van der Waals surface area contributed by atoms with Crippen LogP contribution in [0.3, 0.4) is 0 Å². The Balaban J connectivity index is 1.79. The molecule has 1 aliphatic carbocycles. The van der Waals surface area contributed by atoms with Crippen LogP contribution >= 0.6 is 0 Å². The first kappa shape index (κ1) is 19.1. The van der Waals surface area contributed by atoms with Crippen molar-refractivity contribution in [3.05, 3.63) is 24.3 Å². The normalized spacial score (nSPS) is 19.8. The lowest BCUT2D eigenvalue weighted by atomic mass is 9.86. The number of hydrogen-bond acceptors (Lipinski definition) is 4. The van der Waals surface area contributed by atoms with Crippen LogP contribution in [0.2, 0.25) is 0 Å². The van der Waals surface area contributed by atoms with E-state index in [1.807, 2.05) is 12.1 Å². The van der Waals surface area contributed by atoms with Crippen molar-refractivity contribution in [2.24, 2.45) is 5.92 Å². The molecular weight excluding hydrogens is 318 g/mol. The summed E-state index contributed by atoms with van der Waals surface area (Å²) >= 11 is 0. The topological polar surface area (TPSA) is 70.7 Å². The number of carbonyl (C=O) groups is 2. The maximum absolute atomic E-state index is 12.2. The Labute approximate surface area is 149 Å². The zero-order chi connectivity index (χ0) is 18.2. The highest BCUT2D eigenvalue weighted by Crippen LogP contribution is 2.23. The average Bonchev–Trinajstić information content (AvgIpc) is 2.60. The largest absolute Gasteiger partial charge is 0.484 e. The van der Waals surface area contributed by atoms with Crippen molar-refractivity contribution in [2.45, 2.75) is 38.6 Å². The molecule has 138 valence electrons. The van der Waals surface area contributed by atoms with Gasteiger partial charge in [0.05, 0.1) is 6.54 Å². The van der Waals surface area contributed by atoms with Gasteiger partial charge in [0, 0.05) is 31.9 Å². The van der Waals surface area contributed by atoms with Gasteiger partial charge < -0.3 is 20.3 Å². The molecule has 0 radical (unpaired) electrons. The van der Waals surface area contributed by atoms with E-state index in [1.165, 1.54) is 24.2 Å². The number of likely N-dealkylation sites (N-methyl/N-ethyl adjacent to an activating group) is 1. The monoisotopic (exact) mass is 347 g/mol. The molecular formula is C19H29N3O3. The summed E-state index contributed by atoms with van der Waals surface area (Å²) in [5.41, 5.74) is 0.793. The molecule has 0 saturated heterocycles. The second kappa shape index (κ2) is 9.30. The molecule has 2 N–H and O–H groups in total. The summed E-state index contributed by atoms with van der Waals surface area (Å²) in [6.07, 6.45) is 4.70. The van der Waals surface area contributed by atoms with Crippen molar-refractivity contribution >= 4 is 17.5 Å². The van der Waals surface area contributed by atoms with Crippen LogP contribution in [0.4, 0.5) is 5.69 Å². The van der Waals surface area contributed by atoms with Crippen LogP contribution < -0.4 is 15.4 Å². The zero-order valence-corrected chi connectivity index (χ0v) is 15.4. The maximum Gasteiger partial charge on any atom is 0.259 e. The summed E-state index contributed by atoms with van der Waals surface area (Å²) in [5, 5.41) is 6.24. The Morgan fingerprint density at radius 2 is 2.00 bits per heavy atom. The van der Waals surface area contributed by atoms with Gasteiger partial charge in [-0.3, -0.25) is 9.59 Å². The molecule has 0 aromatic heterocycles. The fraction of sp³-hybridized carbons (Fsp3) is 0.579. The van der Waals surface area contributed by atoms with Gasteiger partial charge in [0.15, 0.2) is 6.61 Å². The van der Waals surface area contributed by atoms with Crippen molar-refractivity contribution in [2.75, 3.05) is 32.6 Å². The van der Waals surface area contributed by atoms with E-state index < -0.39 is 0 Å². The van der Waals surface area contributed by atoms with Gasteiger partial charge in [0.1, 0.15) is 5.75 Å². The number of benzene rings is 1. The molecule has 6 heteroatoms. The van der Waals surface area contributed by atoms with E-state index in [1.54, 1.807) is 26.2 Å². The predicted octanol–water partition coefficient (Wildman–Crippen LogP) is 2.26. The molecule has 2 amide bonds. The van der Waals surface area contributed by atoms with Crippen LogP contribution in [0.5, 0.6) is 5.75 Å². The van der Waals surface area contributed by atoms with Crippen LogP contribution in [0.15, 0.2) is 24.3 Å². The zero-order valence-electron chi connectivity index (χ0n) is 15.4. The number of ether oxygens (including phenoxy) is 1. The van der Waals surface area contributed by atoms with Gasteiger partial charge in [0.25, 0.3) is 5.91 Å². The van der Waals surface area contributed by atoms with Crippen molar-refractivity contribution < 1.29 is 14.3 Å². The third-order valence-electron chi connectivity index (χ3n) is 4.61. The number of anilines is 1. The van der Waals surface area contributed by atoms with Crippen molar-refractivity contribution in [3.8, 4) is 5.75 Å². The molecule has 0 heterocycles. The minimum Gasteiger partial charge on any atom is -0.484 e. The summed E-state index contributed by atoms with van der Waals surface area (Å²) in [5.74, 6) is 1.05. The van der Waals surface area contributed by atoms with E-state index in [2.05, 4.69) is 17.6 Å². The molecule has 1 aromatic rings. The third kappa shape index (κ3) is 6.29. The number of nitrogens with one attached hydrogen (secondary N) is 2. The predicted molar refractivity (Wildman–Crippen MR) is 98.7 cm³/mol. The van der Waals surface area contributed by atoms with Crippen molar-refractivity contribution in [1.82, 2.24) is 10.2 Å². The quantitative estimate of drug-likeness (QED) is 0.794. The van der Waals surface area contributed by atoms with E-state index in [4.69, 9.17) is 4.74 Å². The lowest BCUT2D eigenvalue weighted by Gasteiger charge is -2.29. The molecule has 0 spiro atoms. The summed E-state index contributed by atoms with van der Waals surface area (Å²) in [6, 6.07) is 7.57. The van der Waals surface area contributed by atoms with Crippen LogP contribution in [-0.4, -0.2) is 50.0 Å². The van der Waals surface area contributed by atoms with Gasteiger partial charge >= 0.3 is 0 Å². The minimum absolute atomic E-state index is 0.00346. The van der Waals surface area contributed by atoms with E-state index in [-0.39, 0.29) is 31.0 Å². The second-order valence-electron chi connectivity index (χ2n) is 6.89. The minimum atomic E-state index is -0.0978. The van der Waals surface area contributed by atoms with Crippen LogP contribution in [0, 0.1) is 5.92 Å². The number of rotatable bonds is 7. The standard InChI is InChI=1S/C19H29N3O3/c1-14-7-4-5-10-17(14)21-18(23)12-20-15-8-6-9-16(11-15)25-13-19(24)22(2)3/h6,8-9,11,14,17,20H,4-5,7,10,12-13H2,1-3H3,(H,21,23)/t14-,17+/m0/s1. The number of nitrogens with zero attached hydrogens (tertiary/aromatic N) is 1. The first-order valence-corrected chi connectivity index (χ1v) is 8.92. The molecule has 0 aliphatic heterocycles. The van der Waals surface area contributed by atoms with Crippen LogP contribution in [-0.2, 0) is 9.59 Å². The Morgan fingerprint density at radius 3 is 2.72 bits per heavy atom. The summed E-state index contributed by atoms with van der Waals surface area (Å²) < 4.78 is 5.48.